The fourth-order valence-electron chi connectivity index (χ4n) is 5.96. The topological polar surface area (TPSA) is 124 Å². The van der Waals surface area contributed by atoms with Crippen molar-refractivity contribution >= 4 is 40.3 Å². The lowest BCUT2D eigenvalue weighted by atomic mass is 9.90. The molecule has 2 aliphatic heterocycles. The summed E-state index contributed by atoms with van der Waals surface area (Å²) in [7, 11) is 0. The van der Waals surface area contributed by atoms with Gasteiger partial charge in [0.25, 0.3) is 11.5 Å². The molecule has 10 nitrogen and oxygen atoms in total. The third-order valence-corrected chi connectivity index (χ3v) is 9.03. The van der Waals surface area contributed by atoms with Crippen molar-refractivity contribution in [1.82, 2.24) is 19.4 Å². The number of benzene rings is 1. The van der Waals surface area contributed by atoms with E-state index in [4.69, 9.17) is 4.74 Å². The predicted octanol–water partition coefficient (Wildman–Crippen LogP) is 3.16. The number of aromatic nitrogens is 3. The number of carbonyl (C=O) groups excluding carboxylic acids is 2. The second-order valence-corrected chi connectivity index (χ2v) is 11.8. The van der Waals surface area contributed by atoms with Crippen LogP contribution >= 0.6 is 11.8 Å². The van der Waals surface area contributed by atoms with Crippen LogP contribution in [0.2, 0.25) is 0 Å². The molecule has 2 aromatic heterocycles. The molecule has 1 aromatic carbocycles. The number of halogens is 1. The summed E-state index contributed by atoms with van der Waals surface area (Å²) in [5.41, 5.74) is -0.114. The van der Waals surface area contributed by atoms with Gasteiger partial charge in [-0.2, -0.15) is 11.8 Å². The Morgan fingerprint density at radius 2 is 1.77 bits per heavy atom. The summed E-state index contributed by atoms with van der Waals surface area (Å²) < 4.78 is 22.7. The number of hydrogen-bond donors (Lipinski definition) is 2. The SMILES string of the molecule is O=C(CC1Oc2ccccc2NC1=O)N[C@H]1CC[C@@H](n2c(=O)c3cc(F)cnc3n(C3CCSCC3)c2=O)CC1. The molecule has 1 unspecified atom stereocenters. The molecule has 0 radical (unpaired) electrons. The lowest BCUT2D eigenvalue weighted by Gasteiger charge is -2.32. The molecule has 40 heavy (non-hydrogen) atoms. The van der Waals surface area contributed by atoms with Gasteiger partial charge in [-0.3, -0.25) is 23.5 Å². The van der Waals surface area contributed by atoms with Gasteiger partial charge in [0.1, 0.15) is 17.2 Å². The number of para-hydroxylation sites is 2. The summed E-state index contributed by atoms with van der Waals surface area (Å²) in [5.74, 6) is 1.05. The molecule has 3 aromatic rings. The van der Waals surface area contributed by atoms with Gasteiger partial charge >= 0.3 is 5.69 Å². The van der Waals surface area contributed by atoms with Crippen LogP contribution in [0.25, 0.3) is 11.0 Å². The third-order valence-electron chi connectivity index (χ3n) is 7.98. The van der Waals surface area contributed by atoms with E-state index in [0.29, 0.717) is 37.1 Å². The maximum atomic E-state index is 14.1. The Labute approximate surface area is 233 Å². The molecular weight excluding hydrogens is 537 g/mol. The van der Waals surface area contributed by atoms with Gasteiger partial charge < -0.3 is 15.4 Å². The van der Waals surface area contributed by atoms with E-state index in [1.54, 1.807) is 28.8 Å². The van der Waals surface area contributed by atoms with Crippen molar-refractivity contribution in [1.29, 1.82) is 0 Å². The number of amides is 2. The fraction of sp³-hybridized carbons (Fsp3) is 0.464. The number of nitrogens with one attached hydrogen (secondary N) is 2. The van der Waals surface area contributed by atoms with Crippen LogP contribution < -0.4 is 26.6 Å². The van der Waals surface area contributed by atoms with Crippen LogP contribution in [0, 0.1) is 5.82 Å². The first-order valence-electron chi connectivity index (χ1n) is 13.6. The zero-order valence-corrected chi connectivity index (χ0v) is 22.6. The second-order valence-electron chi connectivity index (χ2n) is 10.6. The number of fused-ring (bicyclic) bond motifs is 2. The third kappa shape index (κ3) is 5.12. The van der Waals surface area contributed by atoms with Crippen molar-refractivity contribution in [2.24, 2.45) is 0 Å². The van der Waals surface area contributed by atoms with Gasteiger partial charge in [0.05, 0.1) is 23.7 Å². The first-order chi connectivity index (χ1) is 19.4. The number of hydrogen-bond acceptors (Lipinski definition) is 7. The van der Waals surface area contributed by atoms with E-state index in [9.17, 15) is 23.6 Å². The van der Waals surface area contributed by atoms with Crippen LogP contribution in [0.15, 0.2) is 46.1 Å². The summed E-state index contributed by atoms with van der Waals surface area (Å²) in [5, 5.41) is 5.85. The molecule has 0 bridgehead atoms. The first-order valence-corrected chi connectivity index (χ1v) is 14.8. The Morgan fingerprint density at radius 3 is 2.55 bits per heavy atom. The molecule has 1 atom stereocenters. The number of carbonyl (C=O) groups is 2. The van der Waals surface area contributed by atoms with Gasteiger partial charge in [0.15, 0.2) is 6.10 Å². The summed E-state index contributed by atoms with van der Waals surface area (Å²) >= 11 is 1.83. The molecular formula is C28H30FN5O5S. The highest BCUT2D eigenvalue weighted by Crippen LogP contribution is 2.31. The lowest BCUT2D eigenvalue weighted by Crippen LogP contribution is -2.47. The smallest absolute Gasteiger partial charge is 0.333 e. The number of nitrogens with zero attached hydrogens (tertiary/aromatic N) is 3. The van der Waals surface area contributed by atoms with Gasteiger partial charge in [0, 0.05) is 18.1 Å². The van der Waals surface area contributed by atoms with Crippen LogP contribution in [0.5, 0.6) is 5.75 Å². The van der Waals surface area contributed by atoms with Crippen molar-refractivity contribution < 1.29 is 18.7 Å². The van der Waals surface area contributed by atoms with E-state index in [-0.39, 0.29) is 47.4 Å². The zero-order valence-electron chi connectivity index (χ0n) is 21.8. The number of thioether (sulfide) groups is 1. The molecule has 6 rings (SSSR count). The van der Waals surface area contributed by atoms with Crippen LogP contribution in [-0.2, 0) is 9.59 Å². The summed E-state index contributed by atoms with van der Waals surface area (Å²) in [6.45, 7) is 0. The van der Waals surface area contributed by atoms with E-state index >= 15 is 0 Å². The van der Waals surface area contributed by atoms with Crippen LogP contribution in [-0.4, -0.2) is 49.6 Å². The van der Waals surface area contributed by atoms with Crippen molar-refractivity contribution in [2.75, 3.05) is 16.8 Å². The Hall–Kier alpha value is -3.67. The Bertz CT molecular complexity index is 1580. The molecule has 1 saturated carbocycles. The Kier molecular flexibility index (Phi) is 7.35. The molecule has 3 aliphatic rings. The molecule has 2 amide bonds. The first kappa shape index (κ1) is 26.5. The molecule has 1 saturated heterocycles. The van der Waals surface area contributed by atoms with Gasteiger partial charge in [0.2, 0.25) is 5.91 Å². The van der Waals surface area contributed by atoms with Crippen LogP contribution in [0.3, 0.4) is 0 Å². The van der Waals surface area contributed by atoms with E-state index in [0.717, 1.165) is 30.5 Å². The molecule has 12 heteroatoms. The Morgan fingerprint density at radius 1 is 1.05 bits per heavy atom. The standard InChI is InChI=1S/C28H30FN5O5S/c29-16-13-20-25(30-15-16)33(19-9-11-40-12-10-19)28(38)34(27(20)37)18-7-5-17(6-8-18)31-24(35)14-23-26(36)32-21-3-1-2-4-22(21)39-23/h1-4,13,15,17-19,23H,5-12,14H2,(H,31,35)(H,32,36)/t17-,18+,23?. The van der Waals surface area contributed by atoms with Crippen LogP contribution in [0.4, 0.5) is 10.1 Å². The highest BCUT2D eigenvalue weighted by atomic mass is 32.2. The predicted molar refractivity (Wildman–Crippen MR) is 149 cm³/mol. The van der Waals surface area contributed by atoms with Gasteiger partial charge in [-0.05, 0) is 68.2 Å². The minimum absolute atomic E-state index is 0.0946. The zero-order chi connectivity index (χ0) is 27.8. The molecule has 0 spiro atoms. The minimum atomic E-state index is -0.923. The maximum absolute atomic E-state index is 14.1. The normalized spacial score (nSPS) is 23.2. The van der Waals surface area contributed by atoms with Crippen molar-refractivity contribution in [3.05, 3.63) is 63.2 Å². The van der Waals surface area contributed by atoms with Gasteiger partial charge in [-0.15, -0.1) is 0 Å². The summed E-state index contributed by atoms with van der Waals surface area (Å²) in [4.78, 5) is 56.5. The van der Waals surface area contributed by atoms with Gasteiger partial charge in [-0.25, -0.2) is 14.2 Å². The van der Waals surface area contributed by atoms with E-state index in [1.165, 1.54) is 10.6 Å². The molecule has 210 valence electrons. The van der Waals surface area contributed by atoms with Crippen LogP contribution in [0.1, 0.15) is 57.0 Å². The second kappa shape index (κ2) is 11.1. The number of ether oxygens (including phenoxy) is 1. The Balaban J connectivity index is 1.16. The summed E-state index contributed by atoms with van der Waals surface area (Å²) in [6.07, 6.45) is 3.69. The minimum Gasteiger partial charge on any atom is -0.478 e. The number of anilines is 1. The number of pyridine rings is 1. The van der Waals surface area contributed by atoms with E-state index < -0.39 is 23.2 Å². The lowest BCUT2D eigenvalue weighted by molar-refractivity contribution is -0.131. The van der Waals surface area contributed by atoms with E-state index in [2.05, 4.69) is 15.6 Å². The van der Waals surface area contributed by atoms with Crippen molar-refractivity contribution in [3.8, 4) is 5.75 Å². The van der Waals surface area contributed by atoms with Crippen molar-refractivity contribution in [3.63, 3.8) is 0 Å². The fourth-order valence-corrected chi connectivity index (χ4v) is 7.04. The maximum Gasteiger partial charge on any atom is 0.333 e. The average Bonchev–Trinajstić information content (AvgIpc) is 2.95. The average molecular weight is 568 g/mol. The number of rotatable bonds is 5. The van der Waals surface area contributed by atoms with E-state index in [1.807, 2.05) is 11.8 Å². The molecule has 2 N–H and O–H groups in total. The molecule has 2 fully saturated rings. The largest absolute Gasteiger partial charge is 0.478 e. The highest BCUT2D eigenvalue weighted by Gasteiger charge is 2.32. The monoisotopic (exact) mass is 567 g/mol. The quantitative estimate of drug-likeness (QED) is 0.485. The molecule has 1 aliphatic carbocycles. The molecule has 4 heterocycles. The summed E-state index contributed by atoms with van der Waals surface area (Å²) in [6, 6.07) is 7.61. The highest BCUT2D eigenvalue weighted by molar-refractivity contribution is 7.99. The van der Waals surface area contributed by atoms with Crippen molar-refractivity contribution in [2.45, 2.75) is 69.2 Å². The van der Waals surface area contributed by atoms with Gasteiger partial charge in [-0.1, -0.05) is 12.1 Å².